The summed E-state index contributed by atoms with van der Waals surface area (Å²) in [5.74, 6) is 0.966. The van der Waals surface area contributed by atoms with Gasteiger partial charge in [0.2, 0.25) is 0 Å². The predicted octanol–water partition coefficient (Wildman–Crippen LogP) is 4.74. The van der Waals surface area contributed by atoms with Crippen LogP contribution in [0, 0.1) is 6.92 Å². The lowest BCUT2D eigenvalue weighted by Gasteiger charge is -2.34. The van der Waals surface area contributed by atoms with E-state index >= 15 is 0 Å². The van der Waals surface area contributed by atoms with Gasteiger partial charge >= 0.3 is 0 Å². The Bertz CT molecular complexity index is 1270. The quantitative estimate of drug-likeness (QED) is 0.686. The third-order valence-corrected chi connectivity index (χ3v) is 6.14. The van der Waals surface area contributed by atoms with E-state index in [0.29, 0.717) is 0 Å². The Morgan fingerprint density at radius 1 is 1.06 bits per heavy atom. The summed E-state index contributed by atoms with van der Waals surface area (Å²) in [4.78, 5) is 7.09. The number of aryl methyl sites for hydroxylation is 1. The number of rotatable bonds is 3. The molecule has 6 nitrogen and oxygen atoms in total. The molecule has 2 heterocycles. The van der Waals surface area contributed by atoms with Crippen molar-refractivity contribution < 1.29 is 17.7 Å². The molecule has 1 aliphatic carbocycles. The van der Waals surface area contributed by atoms with Crippen LogP contribution in [-0.2, 0) is 14.9 Å². The topological polar surface area (TPSA) is 79.2 Å². The highest BCUT2D eigenvalue weighted by molar-refractivity contribution is 7.85. The monoisotopic (exact) mass is 448 g/mol. The van der Waals surface area contributed by atoms with Crippen molar-refractivity contribution in [2.24, 2.45) is 4.99 Å². The summed E-state index contributed by atoms with van der Waals surface area (Å²) in [5.41, 5.74) is 6.62. The maximum atomic E-state index is 10.5. The number of benzene rings is 2. The Hall–Kier alpha value is -3.42. The fourth-order valence-electron chi connectivity index (χ4n) is 3.67. The van der Waals surface area contributed by atoms with Crippen LogP contribution in [0.3, 0.4) is 0 Å². The molecule has 0 spiro atoms. The molecule has 2 aliphatic heterocycles. The van der Waals surface area contributed by atoms with Crippen molar-refractivity contribution in [1.29, 1.82) is 0 Å². The van der Waals surface area contributed by atoms with Crippen LogP contribution in [0.5, 0.6) is 0 Å². The van der Waals surface area contributed by atoms with Crippen LogP contribution in [0.15, 0.2) is 106 Å². The highest BCUT2D eigenvalue weighted by atomic mass is 32.2. The van der Waals surface area contributed by atoms with Gasteiger partial charge in [0.15, 0.2) is 0 Å². The van der Waals surface area contributed by atoms with Crippen LogP contribution < -0.4 is 0 Å². The van der Waals surface area contributed by atoms with E-state index in [1.54, 1.807) is 19.2 Å². The smallest absolute Gasteiger partial charge is 0.294 e. The van der Waals surface area contributed by atoms with Gasteiger partial charge in [-0.1, -0.05) is 60.2 Å². The number of methoxy groups -OCH3 is 1. The standard InChI is InChI=1S/C18H16N2O.C7H8O3S/c1-21-15-10-14-8-5-9-20-12-17(13-6-3-2-4-7-13)19-16(11-15)18(14)20;1-6-2-4-7(5-3-6)11(8,9)10/h2-8,10,12H,9,11H2,1H3;2-5H,1H3,(H,8,9,10). The lowest BCUT2D eigenvalue weighted by molar-refractivity contribution is 0.285. The van der Waals surface area contributed by atoms with Crippen molar-refractivity contribution in [2.45, 2.75) is 18.2 Å². The first-order chi connectivity index (χ1) is 15.3. The van der Waals surface area contributed by atoms with Gasteiger partial charge in [0, 0.05) is 30.3 Å². The zero-order valence-electron chi connectivity index (χ0n) is 17.9. The summed E-state index contributed by atoms with van der Waals surface area (Å²) >= 11 is 0. The second-order valence-corrected chi connectivity index (χ2v) is 9.00. The van der Waals surface area contributed by atoms with Gasteiger partial charge in [0.25, 0.3) is 10.1 Å². The molecular formula is C25H24N2O4S. The van der Waals surface area contributed by atoms with E-state index in [1.165, 1.54) is 23.4 Å². The van der Waals surface area contributed by atoms with Gasteiger partial charge in [-0.3, -0.25) is 4.55 Å². The molecule has 5 rings (SSSR count). The normalized spacial score (nSPS) is 16.8. The zero-order chi connectivity index (χ0) is 22.7. The first-order valence-corrected chi connectivity index (χ1v) is 11.6. The van der Waals surface area contributed by atoms with E-state index in [9.17, 15) is 8.42 Å². The van der Waals surface area contributed by atoms with Gasteiger partial charge in [0.05, 0.1) is 29.1 Å². The summed E-state index contributed by atoms with van der Waals surface area (Å²) in [6.07, 6.45) is 9.34. The summed E-state index contributed by atoms with van der Waals surface area (Å²) in [6, 6.07) is 16.3. The molecule has 0 saturated heterocycles. The SMILES string of the molecule is COC1=CC2=C3C(=NC(c4ccccc4)=CN3CC=C2)C1.Cc1ccc(S(=O)(=O)O)cc1. The highest BCUT2D eigenvalue weighted by Gasteiger charge is 2.28. The van der Waals surface area contributed by atoms with E-state index in [4.69, 9.17) is 14.3 Å². The van der Waals surface area contributed by atoms with Crippen LogP contribution in [-0.4, -0.2) is 37.2 Å². The van der Waals surface area contributed by atoms with Crippen LogP contribution in [0.2, 0.25) is 0 Å². The molecule has 3 aliphatic rings. The second kappa shape index (κ2) is 8.98. The molecule has 0 aromatic heterocycles. The minimum Gasteiger partial charge on any atom is -0.501 e. The first-order valence-electron chi connectivity index (χ1n) is 10.2. The Morgan fingerprint density at radius 3 is 2.44 bits per heavy atom. The molecule has 1 N–H and O–H groups in total. The minimum absolute atomic E-state index is 0.0666. The maximum Gasteiger partial charge on any atom is 0.294 e. The van der Waals surface area contributed by atoms with Gasteiger partial charge in [0.1, 0.15) is 5.76 Å². The van der Waals surface area contributed by atoms with Crippen LogP contribution >= 0.6 is 0 Å². The van der Waals surface area contributed by atoms with Crippen LogP contribution in [0.4, 0.5) is 0 Å². The third-order valence-electron chi connectivity index (χ3n) is 5.28. The molecule has 0 radical (unpaired) electrons. The van der Waals surface area contributed by atoms with Crippen molar-refractivity contribution in [1.82, 2.24) is 4.90 Å². The lowest BCUT2D eigenvalue weighted by Crippen LogP contribution is -2.31. The molecule has 0 unspecified atom stereocenters. The molecule has 2 aromatic rings. The minimum atomic E-state index is -4.02. The highest BCUT2D eigenvalue weighted by Crippen LogP contribution is 2.34. The molecule has 0 bridgehead atoms. The summed E-state index contributed by atoms with van der Waals surface area (Å²) in [7, 11) is -2.30. The van der Waals surface area contributed by atoms with Crippen LogP contribution in [0.1, 0.15) is 17.5 Å². The van der Waals surface area contributed by atoms with Crippen LogP contribution in [0.25, 0.3) is 5.70 Å². The van der Waals surface area contributed by atoms with Crippen molar-refractivity contribution in [2.75, 3.05) is 13.7 Å². The number of ether oxygens (including phenoxy) is 1. The van der Waals surface area contributed by atoms with E-state index in [0.717, 1.165) is 41.3 Å². The number of aliphatic imine (C=N–C) groups is 1. The maximum absolute atomic E-state index is 10.5. The predicted molar refractivity (Wildman–Crippen MR) is 125 cm³/mol. The third kappa shape index (κ3) is 4.74. The molecule has 0 fully saturated rings. The van der Waals surface area contributed by atoms with Crippen molar-refractivity contribution in [3.8, 4) is 0 Å². The molecule has 0 atom stereocenters. The Morgan fingerprint density at radius 2 is 1.78 bits per heavy atom. The molecule has 2 aromatic carbocycles. The molecule has 7 heteroatoms. The second-order valence-electron chi connectivity index (χ2n) is 7.58. The van der Waals surface area contributed by atoms with Gasteiger partial charge in [-0.15, -0.1) is 0 Å². The number of hydrogen-bond donors (Lipinski definition) is 1. The molecule has 164 valence electrons. The van der Waals surface area contributed by atoms with Gasteiger partial charge < -0.3 is 9.64 Å². The molecule has 0 saturated carbocycles. The van der Waals surface area contributed by atoms with E-state index in [1.807, 2.05) is 25.1 Å². The summed E-state index contributed by atoms with van der Waals surface area (Å²) < 4.78 is 35.0. The average molecular weight is 449 g/mol. The first kappa shape index (κ1) is 21.8. The van der Waals surface area contributed by atoms with Gasteiger partial charge in [-0.25, -0.2) is 4.99 Å². The summed E-state index contributed by atoms with van der Waals surface area (Å²) in [6.45, 7) is 2.73. The van der Waals surface area contributed by atoms with Crippen molar-refractivity contribution in [3.05, 3.63) is 107 Å². The molecule has 32 heavy (non-hydrogen) atoms. The Balaban J connectivity index is 0.000000189. The van der Waals surface area contributed by atoms with Gasteiger partial charge in [-0.05, 0) is 25.1 Å². The van der Waals surface area contributed by atoms with Crippen molar-refractivity contribution in [3.63, 3.8) is 0 Å². The van der Waals surface area contributed by atoms with E-state index in [-0.39, 0.29) is 4.90 Å². The van der Waals surface area contributed by atoms with Gasteiger partial charge in [-0.2, -0.15) is 8.42 Å². The zero-order valence-corrected chi connectivity index (χ0v) is 18.7. The average Bonchev–Trinajstić information content (AvgIpc) is 2.79. The fraction of sp³-hybridized carbons (Fsp3) is 0.160. The van der Waals surface area contributed by atoms with E-state index < -0.39 is 10.1 Å². The number of allylic oxidation sites excluding steroid dienone is 5. The Kier molecular flexibility index (Phi) is 6.12. The summed E-state index contributed by atoms with van der Waals surface area (Å²) in [5, 5.41) is 0. The molecular weight excluding hydrogens is 424 g/mol. The lowest BCUT2D eigenvalue weighted by atomic mass is 9.94. The number of nitrogens with zero attached hydrogens (tertiary/aromatic N) is 2. The van der Waals surface area contributed by atoms with E-state index in [2.05, 4.69) is 41.5 Å². The number of hydrogen-bond acceptors (Lipinski definition) is 5. The fourth-order valence-corrected chi connectivity index (χ4v) is 4.15. The van der Waals surface area contributed by atoms with Crippen molar-refractivity contribution >= 4 is 21.5 Å². The largest absolute Gasteiger partial charge is 0.501 e. The molecule has 0 amide bonds. The Labute approximate surface area is 188 Å².